The molecule has 2 aromatic heterocycles. The van der Waals surface area contributed by atoms with Gasteiger partial charge in [-0.05, 0) is 25.3 Å². The van der Waals surface area contributed by atoms with E-state index in [1.165, 1.54) is 0 Å². The molecule has 142 valence electrons. The molecule has 2 aromatic rings. The number of morpholine rings is 1. The Morgan fingerprint density at radius 3 is 2.73 bits per heavy atom. The number of carbonyl (C=O) groups is 1. The molecule has 3 heterocycles. The lowest BCUT2D eigenvalue weighted by atomic mass is 10.0. The van der Waals surface area contributed by atoms with E-state index in [1.807, 2.05) is 19.9 Å². The van der Waals surface area contributed by atoms with Gasteiger partial charge in [0.2, 0.25) is 0 Å². The predicted molar refractivity (Wildman–Crippen MR) is 99.3 cm³/mol. The largest absolute Gasteiger partial charge is 0.379 e. The van der Waals surface area contributed by atoms with Crippen molar-refractivity contribution in [2.45, 2.75) is 40.2 Å². The van der Waals surface area contributed by atoms with Crippen LogP contribution in [0.25, 0.3) is 11.1 Å². The van der Waals surface area contributed by atoms with E-state index in [9.17, 15) is 4.79 Å². The molecule has 0 radical (unpaired) electrons. The topological polar surface area (TPSA) is 80.5 Å². The molecule has 1 fully saturated rings. The maximum Gasteiger partial charge on any atom is 0.258 e. The van der Waals surface area contributed by atoms with Crippen LogP contribution in [0, 0.1) is 12.8 Å². The molecule has 7 nitrogen and oxygen atoms in total. The van der Waals surface area contributed by atoms with Gasteiger partial charge in [-0.2, -0.15) is 0 Å². The zero-order valence-electron chi connectivity index (χ0n) is 16.0. The minimum atomic E-state index is -0.0997. The van der Waals surface area contributed by atoms with E-state index in [1.54, 1.807) is 0 Å². The molecule has 1 saturated heterocycles. The fourth-order valence-corrected chi connectivity index (χ4v) is 3.49. The summed E-state index contributed by atoms with van der Waals surface area (Å²) in [5.74, 6) is 0.340. The maximum absolute atomic E-state index is 12.9. The van der Waals surface area contributed by atoms with E-state index in [4.69, 9.17) is 9.26 Å². The highest BCUT2D eigenvalue weighted by Crippen LogP contribution is 2.22. The first-order valence-corrected chi connectivity index (χ1v) is 9.37. The van der Waals surface area contributed by atoms with Crippen molar-refractivity contribution in [3.63, 3.8) is 0 Å². The number of hydrogen-bond donors (Lipinski definition) is 1. The summed E-state index contributed by atoms with van der Waals surface area (Å²) in [6, 6.07) is 2.13. The minimum Gasteiger partial charge on any atom is -0.379 e. The Balaban J connectivity index is 1.78. The molecule has 0 spiro atoms. The van der Waals surface area contributed by atoms with Gasteiger partial charge in [-0.15, -0.1) is 0 Å². The Bertz CT molecular complexity index is 765. The van der Waals surface area contributed by atoms with Crippen LogP contribution in [0.5, 0.6) is 0 Å². The van der Waals surface area contributed by atoms with Gasteiger partial charge in [0.15, 0.2) is 0 Å². The van der Waals surface area contributed by atoms with Crippen LogP contribution in [0.2, 0.25) is 0 Å². The average molecular weight is 360 g/mol. The summed E-state index contributed by atoms with van der Waals surface area (Å²) >= 11 is 0. The highest BCUT2D eigenvalue weighted by molar-refractivity contribution is 6.06. The predicted octanol–water partition coefficient (Wildman–Crippen LogP) is 2.18. The van der Waals surface area contributed by atoms with Crippen molar-refractivity contribution < 1.29 is 14.1 Å². The summed E-state index contributed by atoms with van der Waals surface area (Å²) in [6.45, 7) is 12.1. The van der Waals surface area contributed by atoms with Crippen LogP contribution >= 0.6 is 0 Å². The van der Waals surface area contributed by atoms with Crippen LogP contribution in [0.15, 0.2) is 10.6 Å². The second-order valence-corrected chi connectivity index (χ2v) is 7.13. The number of pyridine rings is 1. The van der Waals surface area contributed by atoms with Crippen LogP contribution < -0.4 is 5.32 Å². The zero-order valence-corrected chi connectivity index (χ0v) is 16.0. The zero-order chi connectivity index (χ0) is 18.7. The molecule has 1 aliphatic rings. The van der Waals surface area contributed by atoms with Gasteiger partial charge in [-0.25, -0.2) is 4.98 Å². The number of nitrogens with one attached hydrogen (secondary N) is 1. The third kappa shape index (κ3) is 3.88. The van der Waals surface area contributed by atoms with Gasteiger partial charge in [0.05, 0.1) is 29.9 Å². The van der Waals surface area contributed by atoms with Gasteiger partial charge < -0.3 is 14.6 Å². The second-order valence-electron chi connectivity index (χ2n) is 7.13. The molecular formula is C19H28N4O3. The van der Waals surface area contributed by atoms with Crippen molar-refractivity contribution in [1.82, 2.24) is 20.4 Å². The quantitative estimate of drug-likeness (QED) is 0.850. The van der Waals surface area contributed by atoms with Crippen molar-refractivity contribution in [1.29, 1.82) is 0 Å². The average Bonchev–Trinajstić information content (AvgIpc) is 3.02. The maximum atomic E-state index is 12.9. The molecule has 7 heteroatoms. The smallest absolute Gasteiger partial charge is 0.258 e. The Morgan fingerprint density at radius 1 is 1.35 bits per heavy atom. The molecular weight excluding hydrogens is 332 g/mol. The summed E-state index contributed by atoms with van der Waals surface area (Å²) in [4.78, 5) is 19.8. The minimum absolute atomic E-state index is 0.0997. The van der Waals surface area contributed by atoms with Gasteiger partial charge in [0, 0.05) is 31.4 Å². The lowest BCUT2D eigenvalue weighted by molar-refractivity contribution is 0.00673. The van der Waals surface area contributed by atoms with Crippen molar-refractivity contribution in [2.75, 3.05) is 32.8 Å². The van der Waals surface area contributed by atoms with Crippen LogP contribution in [0.1, 0.15) is 42.5 Å². The highest BCUT2D eigenvalue weighted by Gasteiger charge is 2.25. The number of rotatable bonds is 6. The molecule has 1 atom stereocenters. The van der Waals surface area contributed by atoms with E-state index in [0.717, 1.165) is 38.4 Å². The van der Waals surface area contributed by atoms with Crippen LogP contribution in [0.3, 0.4) is 0 Å². The number of aromatic nitrogens is 2. The number of aryl methyl sites for hydroxylation is 2. The first-order valence-electron chi connectivity index (χ1n) is 9.37. The van der Waals surface area contributed by atoms with Gasteiger partial charge in [0.1, 0.15) is 0 Å². The van der Waals surface area contributed by atoms with Gasteiger partial charge >= 0.3 is 0 Å². The molecule has 0 aromatic carbocycles. The van der Waals surface area contributed by atoms with E-state index < -0.39 is 0 Å². The van der Waals surface area contributed by atoms with Crippen LogP contribution in [-0.2, 0) is 11.2 Å². The Morgan fingerprint density at radius 2 is 2.08 bits per heavy atom. The Hall–Kier alpha value is -1.99. The molecule has 0 bridgehead atoms. The number of hydrogen-bond acceptors (Lipinski definition) is 6. The van der Waals surface area contributed by atoms with Gasteiger partial charge in [-0.3, -0.25) is 9.69 Å². The van der Waals surface area contributed by atoms with E-state index in [0.29, 0.717) is 34.8 Å². The van der Waals surface area contributed by atoms with E-state index >= 15 is 0 Å². The third-order valence-electron chi connectivity index (χ3n) is 5.03. The van der Waals surface area contributed by atoms with Crippen LogP contribution in [-0.4, -0.2) is 59.8 Å². The summed E-state index contributed by atoms with van der Waals surface area (Å²) in [6.07, 6.45) is 0.734. The summed E-state index contributed by atoms with van der Waals surface area (Å²) in [5, 5.41) is 7.79. The molecule has 1 N–H and O–H groups in total. The van der Waals surface area contributed by atoms with Crippen molar-refractivity contribution in [2.24, 2.45) is 5.92 Å². The van der Waals surface area contributed by atoms with Crippen molar-refractivity contribution in [3.8, 4) is 0 Å². The number of carbonyl (C=O) groups excluding carboxylic acids is 1. The molecule has 0 saturated carbocycles. The third-order valence-corrected chi connectivity index (χ3v) is 5.03. The molecule has 0 unspecified atom stereocenters. The molecule has 0 aliphatic carbocycles. The van der Waals surface area contributed by atoms with Crippen molar-refractivity contribution in [3.05, 3.63) is 23.0 Å². The normalized spacial score (nSPS) is 17.0. The Labute approximate surface area is 154 Å². The molecule has 1 aliphatic heterocycles. The standard InChI is InChI=1S/C19H28N4O3/c1-5-14-10-15(17-13(4)22-26-19(17)21-14)18(24)20-11-16(12(2)3)23-6-8-25-9-7-23/h10,12,16H,5-9,11H2,1-4H3,(H,20,24)/t16-/m0/s1. The molecule has 3 rings (SSSR count). The van der Waals surface area contributed by atoms with Crippen LogP contribution in [0.4, 0.5) is 0 Å². The first-order chi connectivity index (χ1) is 12.5. The summed E-state index contributed by atoms with van der Waals surface area (Å²) in [7, 11) is 0. The summed E-state index contributed by atoms with van der Waals surface area (Å²) < 4.78 is 10.7. The lowest BCUT2D eigenvalue weighted by Gasteiger charge is -2.36. The Kier molecular flexibility index (Phi) is 5.88. The number of ether oxygens (including phenoxy) is 1. The van der Waals surface area contributed by atoms with Gasteiger partial charge in [-0.1, -0.05) is 25.9 Å². The van der Waals surface area contributed by atoms with Gasteiger partial charge in [0.25, 0.3) is 11.6 Å². The fourth-order valence-electron chi connectivity index (χ4n) is 3.49. The molecule has 26 heavy (non-hydrogen) atoms. The molecule has 1 amide bonds. The fraction of sp³-hybridized carbons (Fsp3) is 0.632. The number of fused-ring (bicyclic) bond motifs is 1. The first kappa shape index (κ1) is 18.8. The van der Waals surface area contributed by atoms with Crippen molar-refractivity contribution >= 4 is 17.0 Å². The lowest BCUT2D eigenvalue weighted by Crippen LogP contribution is -2.51. The summed E-state index contributed by atoms with van der Waals surface area (Å²) in [5.41, 5.74) is 2.54. The monoisotopic (exact) mass is 360 g/mol. The van der Waals surface area contributed by atoms with E-state index in [-0.39, 0.29) is 11.9 Å². The highest BCUT2D eigenvalue weighted by atomic mass is 16.5. The number of nitrogens with zero attached hydrogens (tertiary/aromatic N) is 3. The number of amides is 1. The SMILES string of the molecule is CCc1cc(C(=O)NC[C@@H](C(C)C)N2CCOCC2)c2c(C)noc2n1. The second kappa shape index (κ2) is 8.14. The van der Waals surface area contributed by atoms with E-state index in [2.05, 4.69) is 34.2 Å².